The second-order valence-electron chi connectivity index (χ2n) is 8.43. The van der Waals surface area contributed by atoms with E-state index >= 15 is 0 Å². The Balaban J connectivity index is 1.32. The van der Waals surface area contributed by atoms with Crippen LogP contribution in [-0.2, 0) is 26.1 Å². The predicted octanol–water partition coefficient (Wildman–Crippen LogP) is 3.98. The molecule has 0 aliphatic carbocycles. The van der Waals surface area contributed by atoms with Crippen molar-refractivity contribution < 1.29 is 9.53 Å². The number of hydrogen-bond acceptors (Lipinski definition) is 4. The number of rotatable bonds is 3. The van der Waals surface area contributed by atoms with Crippen LogP contribution < -0.4 is 4.74 Å². The molecule has 2 aromatic carbocycles. The van der Waals surface area contributed by atoms with Crippen molar-refractivity contribution in [1.29, 1.82) is 0 Å². The molecule has 2 aliphatic heterocycles. The van der Waals surface area contributed by atoms with E-state index < -0.39 is 0 Å². The highest BCUT2D eigenvalue weighted by atomic mass is 16.5. The van der Waals surface area contributed by atoms with E-state index in [4.69, 9.17) is 4.74 Å². The first-order valence-electron chi connectivity index (χ1n) is 10.9. The molecular formula is C26H27N3O2. The van der Waals surface area contributed by atoms with Crippen LogP contribution in [-0.4, -0.2) is 40.4 Å². The molecule has 0 atom stereocenters. The van der Waals surface area contributed by atoms with E-state index in [1.54, 1.807) is 6.20 Å². The molecule has 3 aromatic rings. The fraction of sp³-hybridized carbons (Fsp3) is 0.308. The molecule has 5 rings (SSSR count). The van der Waals surface area contributed by atoms with Crippen molar-refractivity contribution >= 4 is 5.91 Å². The first-order valence-corrected chi connectivity index (χ1v) is 10.9. The van der Waals surface area contributed by atoms with Crippen molar-refractivity contribution in [3.8, 4) is 5.75 Å². The Morgan fingerprint density at radius 1 is 1.00 bits per heavy atom. The Bertz CT molecular complexity index is 1090. The van der Waals surface area contributed by atoms with Gasteiger partial charge in [0.25, 0.3) is 5.91 Å². The van der Waals surface area contributed by atoms with E-state index in [9.17, 15) is 4.79 Å². The van der Waals surface area contributed by atoms with Crippen molar-refractivity contribution in [3.05, 3.63) is 94.3 Å². The lowest BCUT2D eigenvalue weighted by Gasteiger charge is -2.29. The number of carbonyl (C=O) groups excluding carboxylic acids is 1. The van der Waals surface area contributed by atoms with Crippen LogP contribution in [0.3, 0.4) is 0 Å². The zero-order valence-electron chi connectivity index (χ0n) is 17.9. The topological polar surface area (TPSA) is 45.7 Å². The Labute approximate surface area is 183 Å². The highest BCUT2D eigenvalue weighted by Gasteiger charge is 2.22. The van der Waals surface area contributed by atoms with E-state index in [-0.39, 0.29) is 5.91 Å². The quantitative estimate of drug-likeness (QED) is 0.652. The van der Waals surface area contributed by atoms with E-state index in [0.717, 1.165) is 43.1 Å². The molecule has 2 aliphatic rings. The van der Waals surface area contributed by atoms with Crippen molar-refractivity contribution in [1.82, 2.24) is 14.8 Å². The van der Waals surface area contributed by atoms with Gasteiger partial charge in [-0.1, -0.05) is 30.3 Å². The van der Waals surface area contributed by atoms with Gasteiger partial charge in [-0.15, -0.1) is 0 Å². The molecule has 1 aromatic heterocycles. The highest BCUT2D eigenvalue weighted by molar-refractivity contribution is 5.94. The first-order chi connectivity index (χ1) is 15.2. The Kier molecular flexibility index (Phi) is 5.43. The van der Waals surface area contributed by atoms with Crippen LogP contribution in [0.15, 0.2) is 60.8 Å². The number of ether oxygens (including phenoxy) is 1. The van der Waals surface area contributed by atoms with Gasteiger partial charge >= 0.3 is 0 Å². The first kappa shape index (κ1) is 19.8. The summed E-state index contributed by atoms with van der Waals surface area (Å²) in [5.41, 5.74) is 6.75. The number of carbonyl (C=O) groups is 1. The molecule has 0 spiro atoms. The summed E-state index contributed by atoms with van der Waals surface area (Å²) in [5.74, 6) is 0.882. The van der Waals surface area contributed by atoms with Gasteiger partial charge in [0.2, 0.25) is 0 Å². The Morgan fingerprint density at radius 2 is 1.87 bits per heavy atom. The van der Waals surface area contributed by atoms with Crippen LogP contribution in [0, 0.1) is 6.92 Å². The molecular weight excluding hydrogens is 386 g/mol. The standard InChI is InChI=1S/C26H27N3O2/c1-19-6-8-22(15-27-19)26(30)29-12-13-31-25-9-7-20(14-24(25)18-29)16-28-11-10-21-4-2-3-5-23(21)17-28/h2-9,14-15H,10-13,16-18H2,1H3. The summed E-state index contributed by atoms with van der Waals surface area (Å²) in [6.07, 6.45) is 2.76. The molecule has 0 saturated carbocycles. The molecule has 31 heavy (non-hydrogen) atoms. The molecule has 158 valence electrons. The second kappa shape index (κ2) is 8.52. The van der Waals surface area contributed by atoms with Crippen molar-refractivity contribution in [2.45, 2.75) is 33.0 Å². The molecule has 0 bridgehead atoms. The third kappa shape index (κ3) is 4.32. The van der Waals surface area contributed by atoms with Gasteiger partial charge in [-0.25, -0.2) is 0 Å². The number of pyridine rings is 1. The molecule has 0 radical (unpaired) electrons. The average Bonchev–Trinajstić information content (AvgIpc) is 3.01. The third-order valence-corrected chi connectivity index (χ3v) is 6.17. The Morgan fingerprint density at radius 3 is 2.71 bits per heavy atom. The third-order valence-electron chi connectivity index (χ3n) is 6.17. The maximum Gasteiger partial charge on any atom is 0.255 e. The number of benzene rings is 2. The van der Waals surface area contributed by atoms with E-state index in [1.165, 1.54) is 16.7 Å². The monoisotopic (exact) mass is 413 g/mol. The summed E-state index contributed by atoms with van der Waals surface area (Å²) in [4.78, 5) is 21.6. The largest absolute Gasteiger partial charge is 0.491 e. The lowest BCUT2D eigenvalue weighted by Crippen LogP contribution is -2.32. The van der Waals surface area contributed by atoms with Gasteiger partial charge < -0.3 is 9.64 Å². The molecule has 0 saturated heterocycles. The van der Waals surface area contributed by atoms with Crippen LogP contribution in [0.4, 0.5) is 0 Å². The molecule has 5 heteroatoms. The van der Waals surface area contributed by atoms with Gasteiger partial charge in [-0.3, -0.25) is 14.7 Å². The summed E-state index contributed by atoms with van der Waals surface area (Å²) < 4.78 is 5.95. The SMILES string of the molecule is Cc1ccc(C(=O)N2CCOc3ccc(CN4CCc5ccccc5C4)cc3C2)cn1. The summed E-state index contributed by atoms with van der Waals surface area (Å²) in [6.45, 7) is 6.49. The number of nitrogens with zero attached hydrogens (tertiary/aromatic N) is 3. The molecule has 0 unspecified atom stereocenters. The smallest absolute Gasteiger partial charge is 0.255 e. The fourth-order valence-electron chi connectivity index (χ4n) is 4.44. The second-order valence-corrected chi connectivity index (χ2v) is 8.43. The van der Waals surface area contributed by atoms with Gasteiger partial charge in [-0.2, -0.15) is 0 Å². The number of fused-ring (bicyclic) bond motifs is 2. The Hall–Kier alpha value is -3.18. The summed E-state index contributed by atoms with van der Waals surface area (Å²) in [7, 11) is 0. The summed E-state index contributed by atoms with van der Waals surface area (Å²) >= 11 is 0. The zero-order chi connectivity index (χ0) is 21.2. The zero-order valence-corrected chi connectivity index (χ0v) is 17.9. The number of amides is 1. The number of aryl methyl sites for hydroxylation is 1. The predicted molar refractivity (Wildman–Crippen MR) is 120 cm³/mol. The van der Waals surface area contributed by atoms with Crippen molar-refractivity contribution in [2.75, 3.05) is 19.7 Å². The van der Waals surface area contributed by atoms with Crippen LogP contribution in [0.2, 0.25) is 0 Å². The lowest BCUT2D eigenvalue weighted by molar-refractivity contribution is 0.0732. The van der Waals surface area contributed by atoms with Crippen LogP contribution in [0.1, 0.15) is 38.3 Å². The minimum atomic E-state index is 0.00184. The van der Waals surface area contributed by atoms with Gasteiger partial charge in [0, 0.05) is 43.6 Å². The maximum atomic E-state index is 13.0. The maximum absolute atomic E-state index is 13.0. The molecule has 0 N–H and O–H groups in total. The van der Waals surface area contributed by atoms with E-state index in [1.807, 2.05) is 24.0 Å². The minimum absolute atomic E-state index is 0.00184. The molecule has 5 nitrogen and oxygen atoms in total. The van der Waals surface area contributed by atoms with Crippen molar-refractivity contribution in [3.63, 3.8) is 0 Å². The normalized spacial score (nSPS) is 16.1. The lowest BCUT2D eigenvalue weighted by atomic mass is 9.99. The minimum Gasteiger partial charge on any atom is -0.491 e. The number of aromatic nitrogens is 1. The molecule has 3 heterocycles. The van der Waals surface area contributed by atoms with E-state index in [0.29, 0.717) is 25.3 Å². The van der Waals surface area contributed by atoms with Crippen LogP contribution in [0.25, 0.3) is 0 Å². The van der Waals surface area contributed by atoms with Gasteiger partial charge in [0.05, 0.1) is 12.1 Å². The van der Waals surface area contributed by atoms with Crippen LogP contribution >= 0.6 is 0 Å². The average molecular weight is 414 g/mol. The molecule has 1 amide bonds. The summed E-state index contributed by atoms with van der Waals surface area (Å²) in [5, 5.41) is 0. The van der Waals surface area contributed by atoms with E-state index in [2.05, 4.69) is 52.3 Å². The van der Waals surface area contributed by atoms with Crippen molar-refractivity contribution in [2.24, 2.45) is 0 Å². The number of hydrogen-bond donors (Lipinski definition) is 0. The van der Waals surface area contributed by atoms with Gasteiger partial charge in [-0.05, 0) is 54.3 Å². The molecule has 0 fully saturated rings. The van der Waals surface area contributed by atoms with Crippen LogP contribution in [0.5, 0.6) is 5.75 Å². The highest BCUT2D eigenvalue weighted by Crippen LogP contribution is 2.27. The van der Waals surface area contributed by atoms with Gasteiger partial charge in [0.15, 0.2) is 0 Å². The fourth-order valence-corrected chi connectivity index (χ4v) is 4.44. The summed E-state index contributed by atoms with van der Waals surface area (Å²) in [6, 6.07) is 18.9. The van der Waals surface area contributed by atoms with Gasteiger partial charge in [0.1, 0.15) is 12.4 Å².